The first-order valence-corrected chi connectivity index (χ1v) is 7.64. The first-order chi connectivity index (χ1) is 9.10. The van der Waals surface area contributed by atoms with Gasteiger partial charge < -0.3 is 10.0 Å². The maximum Gasteiger partial charge on any atom is 0.335 e. The summed E-state index contributed by atoms with van der Waals surface area (Å²) in [4.78, 5) is 15.8. The molecule has 1 aromatic rings. The van der Waals surface area contributed by atoms with Gasteiger partial charge in [-0.25, -0.2) is 4.79 Å². The molecule has 1 aliphatic heterocycles. The number of piperazine rings is 1. The van der Waals surface area contributed by atoms with Crippen LogP contribution in [0.15, 0.2) is 18.2 Å². The fourth-order valence-electron chi connectivity index (χ4n) is 2.31. The lowest BCUT2D eigenvalue weighted by Gasteiger charge is -2.34. The van der Waals surface area contributed by atoms with Crippen LogP contribution in [0.3, 0.4) is 0 Å². The van der Waals surface area contributed by atoms with Crippen LogP contribution in [0.5, 0.6) is 0 Å². The average molecular weight is 374 g/mol. The lowest BCUT2D eigenvalue weighted by atomic mass is 10.1. The van der Waals surface area contributed by atoms with E-state index in [4.69, 9.17) is 5.11 Å². The van der Waals surface area contributed by atoms with E-state index >= 15 is 0 Å². The zero-order valence-electron chi connectivity index (χ0n) is 11.1. The molecule has 0 spiro atoms. The van der Waals surface area contributed by atoms with Gasteiger partial charge in [0.05, 0.1) is 5.56 Å². The van der Waals surface area contributed by atoms with Gasteiger partial charge in [-0.15, -0.1) is 0 Å². The van der Waals surface area contributed by atoms with E-state index in [9.17, 15) is 4.79 Å². The highest BCUT2D eigenvalue weighted by atomic mass is 127. The summed E-state index contributed by atoms with van der Waals surface area (Å²) in [5.74, 6) is -0.860. The van der Waals surface area contributed by atoms with Crippen LogP contribution in [0.25, 0.3) is 0 Å². The molecule has 1 aromatic carbocycles. The van der Waals surface area contributed by atoms with Gasteiger partial charge in [0.2, 0.25) is 0 Å². The van der Waals surface area contributed by atoms with Crippen molar-refractivity contribution in [2.75, 3.05) is 32.7 Å². The number of benzene rings is 1. The molecule has 4 nitrogen and oxygen atoms in total. The van der Waals surface area contributed by atoms with E-state index in [1.165, 1.54) is 5.56 Å². The summed E-state index contributed by atoms with van der Waals surface area (Å²) in [6.07, 6.45) is 0. The van der Waals surface area contributed by atoms with E-state index < -0.39 is 5.97 Å². The van der Waals surface area contributed by atoms with Crippen LogP contribution < -0.4 is 0 Å². The Hall–Kier alpha value is -0.660. The Morgan fingerprint density at radius 3 is 2.42 bits per heavy atom. The number of aromatic carboxylic acids is 1. The van der Waals surface area contributed by atoms with E-state index in [-0.39, 0.29) is 0 Å². The quantitative estimate of drug-likeness (QED) is 0.821. The van der Waals surface area contributed by atoms with Gasteiger partial charge in [-0.1, -0.05) is 13.0 Å². The van der Waals surface area contributed by atoms with Crippen molar-refractivity contribution in [2.24, 2.45) is 0 Å². The molecule has 0 radical (unpaired) electrons. The molecule has 0 aliphatic carbocycles. The molecular weight excluding hydrogens is 355 g/mol. The average Bonchev–Trinajstić information content (AvgIpc) is 2.41. The van der Waals surface area contributed by atoms with Crippen molar-refractivity contribution in [2.45, 2.75) is 13.5 Å². The van der Waals surface area contributed by atoms with Crippen LogP contribution >= 0.6 is 22.6 Å². The molecule has 0 amide bonds. The third kappa shape index (κ3) is 3.90. The number of hydrogen-bond acceptors (Lipinski definition) is 3. The SMILES string of the molecule is CCN1CCN(Cc2ccc(C(=O)O)cc2I)CC1. The van der Waals surface area contributed by atoms with Gasteiger partial charge in [-0.3, -0.25) is 4.90 Å². The lowest BCUT2D eigenvalue weighted by Crippen LogP contribution is -2.45. The molecule has 2 rings (SSSR count). The highest BCUT2D eigenvalue weighted by Gasteiger charge is 2.16. The van der Waals surface area contributed by atoms with Crippen molar-refractivity contribution in [1.82, 2.24) is 9.80 Å². The van der Waals surface area contributed by atoms with Crippen LogP contribution in [0, 0.1) is 3.57 Å². The maximum atomic E-state index is 10.9. The summed E-state index contributed by atoms with van der Waals surface area (Å²) < 4.78 is 1.04. The van der Waals surface area contributed by atoms with E-state index in [0.717, 1.165) is 42.8 Å². The first kappa shape index (κ1) is 14.7. The molecule has 0 unspecified atom stereocenters. The minimum atomic E-state index is -0.860. The molecule has 0 atom stereocenters. The van der Waals surface area contributed by atoms with Gasteiger partial charge in [0, 0.05) is 36.3 Å². The fraction of sp³-hybridized carbons (Fsp3) is 0.500. The van der Waals surface area contributed by atoms with Crippen molar-refractivity contribution < 1.29 is 9.90 Å². The molecule has 1 aliphatic rings. The van der Waals surface area contributed by atoms with Crippen molar-refractivity contribution >= 4 is 28.6 Å². The van der Waals surface area contributed by atoms with Crippen LogP contribution in [-0.4, -0.2) is 53.6 Å². The molecule has 1 heterocycles. The molecule has 1 N–H and O–H groups in total. The standard InChI is InChI=1S/C14H19IN2O2/c1-2-16-5-7-17(8-6-16)10-12-4-3-11(14(18)19)9-13(12)15/h3-4,9H,2,5-8,10H2,1H3,(H,18,19). The van der Waals surface area contributed by atoms with Gasteiger partial charge in [0.25, 0.3) is 0 Å². The predicted molar refractivity (Wildman–Crippen MR) is 83.5 cm³/mol. The first-order valence-electron chi connectivity index (χ1n) is 6.56. The van der Waals surface area contributed by atoms with Crippen molar-refractivity contribution in [1.29, 1.82) is 0 Å². The molecule has 1 fully saturated rings. The number of carbonyl (C=O) groups is 1. The highest BCUT2D eigenvalue weighted by Crippen LogP contribution is 2.17. The number of carboxylic acids is 1. The Kier molecular flexibility index (Phi) is 5.18. The van der Waals surface area contributed by atoms with Gasteiger partial charge in [-0.05, 0) is 46.8 Å². The third-order valence-corrected chi connectivity index (χ3v) is 4.61. The van der Waals surface area contributed by atoms with E-state index in [1.54, 1.807) is 12.1 Å². The van der Waals surface area contributed by atoms with Gasteiger partial charge in [0.1, 0.15) is 0 Å². The summed E-state index contributed by atoms with van der Waals surface area (Å²) in [5, 5.41) is 8.96. The van der Waals surface area contributed by atoms with Gasteiger partial charge in [0.15, 0.2) is 0 Å². The Bertz CT molecular complexity index is 457. The number of likely N-dealkylation sites (N-methyl/N-ethyl adjacent to an activating group) is 1. The zero-order valence-corrected chi connectivity index (χ0v) is 13.3. The van der Waals surface area contributed by atoms with Crippen LogP contribution in [0.2, 0.25) is 0 Å². The van der Waals surface area contributed by atoms with Gasteiger partial charge in [-0.2, -0.15) is 0 Å². The number of rotatable bonds is 4. The van der Waals surface area contributed by atoms with E-state index in [1.807, 2.05) is 6.07 Å². The molecule has 0 bridgehead atoms. The van der Waals surface area contributed by atoms with Crippen LogP contribution in [0.4, 0.5) is 0 Å². The van der Waals surface area contributed by atoms with Crippen molar-refractivity contribution in [3.8, 4) is 0 Å². The fourth-order valence-corrected chi connectivity index (χ4v) is 3.00. The Morgan fingerprint density at radius 1 is 1.26 bits per heavy atom. The number of nitrogens with zero attached hydrogens (tertiary/aromatic N) is 2. The number of hydrogen-bond donors (Lipinski definition) is 1. The Balaban J connectivity index is 1.98. The monoisotopic (exact) mass is 374 g/mol. The summed E-state index contributed by atoms with van der Waals surface area (Å²) >= 11 is 2.23. The molecule has 19 heavy (non-hydrogen) atoms. The Labute approximate surface area is 127 Å². The minimum absolute atomic E-state index is 0.365. The van der Waals surface area contributed by atoms with Crippen molar-refractivity contribution in [3.05, 3.63) is 32.9 Å². The predicted octanol–water partition coefficient (Wildman–Crippen LogP) is 2.13. The smallest absolute Gasteiger partial charge is 0.335 e. The molecule has 0 aromatic heterocycles. The summed E-state index contributed by atoms with van der Waals surface area (Å²) in [7, 11) is 0. The lowest BCUT2D eigenvalue weighted by molar-refractivity contribution is 0.0696. The summed E-state index contributed by atoms with van der Waals surface area (Å²) in [6, 6.07) is 5.39. The van der Waals surface area contributed by atoms with Crippen LogP contribution in [0.1, 0.15) is 22.8 Å². The second-order valence-corrected chi connectivity index (χ2v) is 5.98. The highest BCUT2D eigenvalue weighted by molar-refractivity contribution is 14.1. The number of carboxylic acid groups (broad SMARTS) is 1. The largest absolute Gasteiger partial charge is 0.478 e. The topological polar surface area (TPSA) is 43.8 Å². The maximum absolute atomic E-state index is 10.9. The Morgan fingerprint density at radius 2 is 1.89 bits per heavy atom. The molecule has 1 saturated heterocycles. The zero-order chi connectivity index (χ0) is 13.8. The molecule has 5 heteroatoms. The van der Waals surface area contributed by atoms with E-state index in [2.05, 4.69) is 39.3 Å². The summed E-state index contributed by atoms with van der Waals surface area (Å²) in [5.41, 5.74) is 1.58. The number of halogens is 1. The normalized spacial score (nSPS) is 17.6. The molecular formula is C14H19IN2O2. The second kappa shape index (κ2) is 6.67. The molecule has 0 saturated carbocycles. The second-order valence-electron chi connectivity index (χ2n) is 4.82. The minimum Gasteiger partial charge on any atom is -0.478 e. The molecule has 104 valence electrons. The van der Waals surface area contributed by atoms with Crippen LogP contribution in [-0.2, 0) is 6.54 Å². The van der Waals surface area contributed by atoms with Gasteiger partial charge >= 0.3 is 5.97 Å². The van der Waals surface area contributed by atoms with E-state index in [0.29, 0.717) is 5.56 Å². The van der Waals surface area contributed by atoms with Crippen molar-refractivity contribution in [3.63, 3.8) is 0 Å². The third-order valence-electron chi connectivity index (χ3n) is 3.61. The summed E-state index contributed by atoms with van der Waals surface area (Å²) in [6.45, 7) is 8.66.